The standard InChI is InChI=1S/C19H26N6O/c1-2-25-14-18(21-22-25)20-19(26)23-11-8-17(9-12-23)24-10-7-15-5-3-4-6-16(15)13-24/h3-6,14,17H,2,7-13H2,1H3,(H,20,26). The highest BCUT2D eigenvalue weighted by atomic mass is 16.2. The van der Waals surface area contributed by atoms with Crippen LogP contribution in [0.1, 0.15) is 30.9 Å². The number of aromatic nitrogens is 3. The molecular weight excluding hydrogens is 328 g/mol. The topological polar surface area (TPSA) is 66.3 Å². The van der Waals surface area contributed by atoms with Gasteiger partial charge in [-0.15, -0.1) is 5.10 Å². The lowest BCUT2D eigenvalue weighted by molar-refractivity contribution is 0.111. The van der Waals surface area contributed by atoms with E-state index in [0.29, 0.717) is 11.9 Å². The van der Waals surface area contributed by atoms with E-state index in [1.807, 2.05) is 11.8 Å². The van der Waals surface area contributed by atoms with Crippen molar-refractivity contribution in [3.63, 3.8) is 0 Å². The quantitative estimate of drug-likeness (QED) is 0.919. The number of hydrogen-bond donors (Lipinski definition) is 1. The van der Waals surface area contributed by atoms with Crippen LogP contribution in [0.2, 0.25) is 0 Å². The van der Waals surface area contributed by atoms with Gasteiger partial charge in [-0.1, -0.05) is 29.5 Å². The number of nitrogens with one attached hydrogen (secondary N) is 1. The molecule has 1 N–H and O–H groups in total. The van der Waals surface area contributed by atoms with E-state index in [2.05, 4.69) is 44.8 Å². The molecule has 0 spiro atoms. The van der Waals surface area contributed by atoms with Crippen LogP contribution >= 0.6 is 0 Å². The molecule has 3 heterocycles. The molecule has 1 fully saturated rings. The summed E-state index contributed by atoms with van der Waals surface area (Å²) in [6, 6.07) is 9.24. The second kappa shape index (κ2) is 7.45. The molecule has 0 saturated carbocycles. The SMILES string of the molecule is CCn1cc(NC(=O)N2CCC(N3CCc4ccccc4C3)CC2)nn1. The highest BCUT2D eigenvalue weighted by Gasteiger charge is 2.29. The molecule has 4 rings (SSSR count). The van der Waals surface area contributed by atoms with Gasteiger partial charge in [0.2, 0.25) is 0 Å². The van der Waals surface area contributed by atoms with Gasteiger partial charge in [-0.2, -0.15) is 0 Å². The van der Waals surface area contributed by atoms with Crippen LogP contribution < -0.4 is 5.32 Å². The van der Waals surface area contributed by atoms with Gasteiger partial charge in [0.1, 0.15) is 0 Å². The van der Waals surface area contributed by atoms with Crippen LogP contribution in [0.4, 0.5) is 10.6 Å². The average Bonchev–Trinajstić information content (AvgIpc) is 3.15. The van der Waals surface area contributed by atoms with Crippen molar-refractivity contribution in [2.45, 2.75) is 45.3 Å². The van der Waals surface area contributed by atoms with Gasteiger partial charge >= 0.3 is 6.03 Å². The van der Waals surface area contributed by atoms with Gasteiger partial charge in [-0.25, -0.2) is 4.79 Å². The molecule has 0 unspecified atom stereocenters. The van der Waals surface area contributed by atoms with E-state index >= 15 is 0 Å². The van der Waals surface area contributed by atoms with Gasteiger partial charge in [0.25, 0.3) is 0 Å². The predicted molar refractivity (Wildman–Crippen MR) is 99.9 cm³/mol. The summed E-state index contributed by atoms with van der Waals surface area (Å²) in [6.45, 7) is 6.46. The first-order valence-corrected chi connectivity index (χ1v) is 9.50. The molecule has 1 aromatic carbocycles. The number of piperidine rings is 1. The Kier molecular flexibility index (Phi) is 4.88. The van der Waals surface area contributed by atoms with Crippen LogP contribution in [0.5, 0.6) is 0 Å². The van der Waals surface area contributed by atoms with Gasteiger partial charge in [0, 0.05) is 38.8 Å². The number of rotatable bonds is 3. The molecule has 2 aromatic rings. The lowest BCUT2D eigenvalue weighted by Crippen LogP contribution is -2.49. The fourth-order valence-electron chi connectivity index (χ4n) is 3.96. The number of anilines is 1. The molecule has 0 bridgehead atoms. The number of urea groups is 1. The average molecular weight is 354 g/mol. The number of carbonyl (C=O) groups excluding carboxylic acids is 1. The van der Waals surface area contributed by atoms with Crippen LogP contribution in [-0.2, 0) is 19.5 Å². The third kappa shape index (κ3) is 3.58. The number of fused-ring (bicyclic) bond motifs is 1. The molecule has 7 nitrogen and oxygen atoms in total. The van der Waals surface area contributed by atoms with Crippen molar-refractivity contribution in [2.75, 3.05) is 25.0 Å². The summed E-state index contributed by atoms with van der Waals surface area (Å²) >= 11 is 0. The number of nitrogens with zero attached hydrogens (tertiary/aromatic N) is 5. The molecule has 1 aromatic heterocycles. The first-order valence-electron chi connectivity index (χ1n) is 9.50. The third-order valence-corrected chi connectivity index (χ3v) is 5.53. The van der Waals surface area contributed by atoms with Gasteiger partial charge in [0.15, 0.2) is 5.82 Å². The Morgan fingerprint density at radius 3 is 2.69 bits per heavy atom. The largest absolute Gasteiger partial charge is 0.324 e. The predicted octanol–water partition coefficient (Wildman–Crippen LogP) is 2.35. The Balaban J connectivity index is 1.29. The van der Waals surface area contributed by atoms with Crippen molar-refractivity contribution in [3.05, 3.63) is 41.6 Å². The number of carbonyl (C=O) groups is 1. The van der Waals surface area contributed by atoms with Crippen LogP contribution in [0.3, 0.4) is 0 Å². The van der Waals surface area contributed by atoms with Crippen molar-refractivity contribution >= 4 is 11.8 Å². The highest BCUT2D eigenvalue weighted by molar-refractivity contribution is 5.88. The van der Waals surface area contributed by atoms with Crippen LogP contribution in [-0.4, -0.2) is 56.5 Å². The minimum atomic E-state index is -0.0735. The fourth-order valence-corrected chi connectivity index (χ4v) is 3.96. The number of aryl methyl sites for hydroxylation is 1. The molecule has 7 heteroatoms. The maximum Gasteiger partial charge on any atom is 0.323 e. The van der Waals surface area contributed by atoms with E-state index in [0.717, 1.165) is 52.0 Å². The zero-order valence-electron chi connectivity index (χ0n) is 15.3. The molecule has 2 aliphatic heterocycles. The Hall–Kier alpha value is -2.41. The van der Waals surface area contributed by atoms with Gasteiger partial charge < -0.3 is 4.90 Å². The Morgan fingerprint density at radius 1 is 1.19 bits per heavy atom. The van der Waals surface area contributed by atoms with E-state index in [1.165, 1.54) is 11.1 Å². The summed E-state index contributed by atoms with van der Waals surface area (Å²) in [4.78, 5) is 16.9. The highest BCUT2D eigenvalue weighted by Crippen LogP contribution is 2.25. The van der Waals surface area contributed by atoms with Crippen LogP contribution in [0.15, 0.2) is 30.5 Å². The van der Waals surface area contributed by atoms with Crippen LogP contribution in [0, 0.1) is 0 Å². The lowest BCUT2D eigenvalue weighted by Gasteiger charge is -2.40. The number of benzene rings is 1. The van der Waals surface area contributed by atoms with Crippen LogP contribution in [0.25, 0.3) is 0 Å². The van der Waals surface area contributed by atoms with Crippen molar-refractivity contribution < 1.29 is 4.79 Å². The smallest absolute Gasteiger partial charge is 0.323 e. The van der Waals surface area contributed by atoms with Gasteiger partial charge in [0.05, 0.1) is 6.20 Å². The van der Waals surface area contributed by atoms with Crippen molar-refractivity contribution in [1.29, 1.82) is 0 Å². The maximum atomic E-state index is 12.4. The number of amides is 2. The zero-order valence-corrected chi connectivity index (χ0v) is 15.3. The van der Waals surface area contributed by atoms with Crippen molar-refractivity contribution in [3.8, 4) is 0 Å². The Bertz CT molecular complexity index is 765. The normalized spacial score (nSPS) is 18.6. The molecule has 2 amide bonds. The van der Waals surface area contributed by atoms with Crippen molar-refractivity contribution in [1.82, 2.24) is 24.8 Å². The fraction of sp³-hybridized carbons (Fsp3) is 0.526. The molecule has 138 valence electrons. The monoisotopic (exact) mass is 354 g/mol. The molecule has 2 aliphatic rings. The third-order valence-electron chi connectivity index (χ3n) is 5.53. The van der Waals surface area contributed by atoms with Gasteiger partial charge in [-0.3, -0.25) is 14.9 Å². The molecule has 0 atom stereocenters. The molecule has 1 saturated heterocycles. The first kappa shape index (κ1) is 17.0. The summed E-state index contributed by atoms with van der Waals surface area (Å²) in [5.41, 5.74) is 2.94. The van der Waals surface area contributed by atoms with E-state index in [9.17, 15) is 4.79 Å². The first-order chi connectivity index (χ1) is 12.7. The molecule has 0 aliphatic carbocycles. The maximum absolute atomic E-state index is 12.4. The van der Waals surface area contributed by atoms with E-state index in [4.69, 9.17) is 0 Å². The molecule has 0 radical (unpaired) electrons. The summed E-state index contributed by atoms with van der Waals surface area (Å²) in [7, 11) is 0. The summed E-state index contributed by atoms with van der Waals surface area (Å²) in [6.07, 6.45) is 4.94. The number of likely N-dealkylation sites (tertiary alicyclic amines) is 1. The molecule has 26 heavy (non-hydrogen) atoms. The second-order valence-electron chi connectivity index (χ2n) is 7.10. The number of hydrogen-bond acceptors (Lipinski definition) is 4. The summed E-state index contributed by atoms with van der Waals surface area (Å²) in [5.74, 6) is 0.520. The Morgan fingerprint density at radius 2 is 1.96 bits per heavy atom. The van der Waals surface area contributed by atoms with E-state index < -0.39 is 0 Å². The minimum Gasteiger partial charge on any atom is -0.324 e. The second-order valence-corrected chi connectivity index (χ2v) is 7.10. The zero-order chi connectivity index (χ0) is 17.9. The summed E-state index contributed by atoms with van der Waals surface area (Å²) < 4.78 is 1.70. The molecular formula is C19H26N6O. The lowest BCUT2D eigenvalue weighted by atomic mass is 9.95. The van der Waals surface area contributed by atoms with Crippen molar-refractivity contribution in [2.24, 2.45) is 0 Å². The van der Waals surface area contributed by atoms with Gasteiger partial charge in [-0.05, 0) is 37.3 Å². The minimum absolute atomic E-state index is 0.0735. The van der Waals surface area contributed by atoms with E-state index in [1.54, 1.807) is 10.9 Å². The summed E-state index contributed by atoms with van der Waals surface area (Å²) in [5, 5.41) is 10.8. The Labute approximate surface area is 154 Å². The van der Waals surface area contributed by atoms with E-state index in [-0.39, 0.29) is 6.03 Å².